The van der Waals surface area contributed by atoms with E-state index in [1.54, 1.807) is 26.1 Å². The summed E-state index contributed by atoms with van der Waals surface area (Å²) in [6.07, 6.45) is 3.75. The van der Waals surface area contributed by atoms with E-state index in [1.165, 1.54) is 0 Å². The molecule has 1 aliphatic rings. The number of hydrogen-bond donors (Lipinski definition) is 2. The highest BCUT2D eigenvalue weighted by Gasteiger charge is 2.21. The fourth-order valence-corrected chi connectivity index (χ4v) is 3.81. The van der Waals surface area contributed by atoms with Gasteiger partial charge in [0.05, 0.1) is 11.7 Å². The molecule has 6 nitrogen and oxygen atoms in total. The molecule has 0 atom stereocenters. The fourth-order valence-electron chi connectivity index (χ4n) is 3.06. The first-order valence-electron chi connectivity index (χ1n) is 9.77. The predicted molar refractivity (Wildman–Crippen MR) is 119 cm³/mol. The van der Waals surface area contributed by atoms with Crippen LogP contribution < -0.4 is 5.32 Å². The Balaban J connectivity index is 1.98. The number of anilines is 1. The maximum Gasteiger partial charge on any atom is 0.141 e. The molecular formula is C22H28N4O2Si-. The lowest BCUT2D eigenvalue weighted by atomic mass is 10.0. The second-order valence-corrected chi connectivity index (χ2v) is 14.7. The largest absolute Gasteiger partial charge is 0.378 e. The molecule has 153 valence electrons. The predicted octanol–water partition coefficient (Wildman–Crippen LogP) is 3.80. The summed E-state index contributed by atoms with van der Waals surface area (Å²) in [4.78, 5) is 4.24. The molecule has 0 saturated carbocycles. The molecule has 0 unspecified atom stereocenters. The molecule has 0 aliphatic carbocycles. The summed E-state index contributed by atoms with van der Waals surface area (Å²) in [5.41, 5.74) is 2.10. The molecule has 3 rings (SSSR count). The Kier molecular flexibility index (Phi) is 5.86. The number of hydrogen-bond acceptors (Lipinski definition) is 5. The van der Waals surface area contributed by atoms with Gasteiger partial charge >= 0.3 is 0 Å². The van der Waals surface area contributed by atoms with Crippen molar-refractivity contribution in [1.29, 1.82) is 5.26 Å². The van der Waals surface area contributed by atoms with E-state index in [0.29, 0.717) is 19.0 Å². The summed E-state index contributed by atoms with van der Waals surface area (Å²) in [6.45, 7) is 12.0. The number of pyridine rings is 1. The minimum absolute atomic E-state index is 0.375. The van der Waals surface area contributed by atoms with Crippen LogP contribution in [0.3, 0.4) is 0 Å². The number of aromatic nitrogens is 2. The number of ether oxygens (including phenoxy) is 1. The highest BCUT2D eigenvalue weighted by molar-refractivity contribution is 6.76. The number of rotatable bonds is 5. The van der Waals surface area contributed by atoms with Crippen LogP contribution >= 0.6 is 0 Å². The van der Waals surface area contributed by atoms with Crippen LogP contribution in [-0.4, -0.2) is 41.5 Å². The minimum atomic E-state index is -1.15. The lowest BCUT2D eigenvalue weighted by molar-refractivity contribution is 0.0914. The molecule has 0 bridgehead atoms. The molecule has 0 amide bonds. The van der Waals surface area contributed by atoms with Gasteiger partial charge in [-0.1, -0.05) is 11.8 Å². The van der Waals surface area contributed by atoms with Gasteiger partial charge in [-0.15, -0.1) is 14.1 Å². The number of nitrogens with zero attached hydrogens (tertiary/aromatic N) is 3. The number of nitrogens with one attached hydrogen (secondary N) is 1. The zero-order chi connectivity index (χ0) is 21.2. The summed E-state index contributed by atoms with van der Waals surface area (Å²) < 4.78 is 8.06. The van der Waals surface area contributed by atoms with E-state index in [4.69, 9.17) is 4.74 Å². The third kappa shape index (κ3) is 5.27. The molecule has 0 fully saturated rings. The SMILES string of the molecule is CC(C)(O)C#CC1=Cc2c(n(COCC[Si-](C)(C)C)c3cnc(C#N)cc23)NC1. The van der Waals surface area contributed by atoms with Crippen molar-refractivity contribution in [2.75, 3.05) is 18.5 Å². The monoisotopic (exact) mass is 408 g/mol. The van der Waals surface area contributed by atoms with Gasteiger partial charge in [-0.05, 0) is 26.0 Å². The van der Waals surface area contributed by atoms with Gasteiger partial charge in [0.1, 0.15) is 29.9 Å². The zero-order valence-electron chi connectivity index (χ0n) is 17.8. The third-order valence-corrected chi connectivity index (χ3v) is 6.32. The van der Waals surface area contributed by atoms with Gasteiger partial charge in [0.2, 0.25) is 0 Å². The van der Waals surface area contributed by atoms with Crippen molar-refractivity contribution >= 4 is 30.9 Å². The average Bonchev–Trinajstić information content (AvgIpc) is 2.94. The van der Waals surface area contributed by atoms with Crippen molar-refractivity contribution in [1.82, 2.24) is 9.55 Å². The lowest BCUT2D eigenvalue weighted by Crippen LogP contribution is -2.22. The van der Waals surface area contributed by atoms with Crippen molar-refractivity contribution in [3.8, 4) is 17.9 Å². The van der Waals surface area contributed by atoms with Crippen molar-refractivity contribution in [2.45, 2.75) is 51.9 Å². The van der Waals surface area contributed by atoms with Crippen LogP contribution in [0.1, 0.15) is 25.1 Å². The van der Waals surface area contributed by atoms with E-state index in [1.807, 2.05) is 6.08 Å². The molecule has 2 aromatic rings. The molecule has 1 aliphatic heterocycles. The number of fused-ring (bicyclic) bond motifs is 3. The van der Waals surface area contributed by atoms with Crippen molar-refractivity contribution in [3.63, 3.8) is 0 Å². The average molecular weight is 409 g/mol. The van der Waals surface area contributed by atoms with Crippen LogP contribution in [0.25, 0.3) is 17.0 Å². The quantitative estimate of drug-likeness (QED) is 0.447. The Morgan fingerprint density at radius 1 is 1.38 bits per heavy atom. The van der Waals surface area contributed by atoms with E-state index in [9.17, 15) is 10.4 Å². The molecule has 2 N–H and O–H groups in total. The van der Waals surface area contributed by atoms with Crippen LogP contribution in [0, 0.1) is 23.2 Å². The fraction of sp³-hybridized carbons (Fsp3) is 0.455. The van der Waals surface area contributed by atoms with Gasteiger partial charge < -0.3 is 19.7 Å². The lowest BCUT2D eigenvalue weighted by Gasteiger charge is -2.27. The second kappa shape index (κ2) is 8.04. The summed E-state index contributed by atoms with van der Waals surface area (Å²) in [5, 5.41) is 23.5. The first-order valence-corrected chi connectivity index (χ1v) is 13.5. The molecule has 3 heterocycles. The molecule has 29 heavy (non-hydrogen) atoms. The van der Waals surface area contributed by atoms with Gasteiger partial charge in [0.25, 0.3) is 0 Å². The van der Waals surface area contributed by atoms with Gasteiger partial charge in [0, 0.05) is 29.7 Å². The van der Waals surface area contributed by atoms with Crippen molar-refractivity contribution in [3.05, 3.63) is 29.1 Å². The standard InChI is InChI=1S/C22H28N4O2Si/c1-22(2,27)7-6-16-10-19-18-11-17(12-23)24-14-20(18)26(21(19)25-13-16)15-28-8-9-29(3,4)5/h10-11,14,25,27H,8-9,13,15H2,1-5H3/q-1. The van der Waals surface area contributed by atoms with Crippen molar-refractivity contribution in [2.24, 2.45) is 0 Å². The highest BCUT2D eigenvalue weighted by Crippen LogP contribution is 2.35. The normalized spacial score (nSPS) is 13.8. The van der Waals surface area contributed by atoms with E-state index in [0.717, 1.165) is 40.5 Å². The smallest absolute Gasteiger partial charge is 0.141 e. The number of nitriles is 1. The molecule has 0 radical (unpaired) electrons. The second-order valence-electron chi connectivity index (χ2n) is 9.07. The van der Waals surface area contributed by atoms with Crippen LogP contribution in [0.2, 0.25) is 25.7 Å². The van der Waals surface area contributed by atoms with Crippen LogP contribution in [0.15, 0.2) is 17.8 Å². The van der Waals surface area contributed by atoms with Gasteiger partial charge in [-0.25, -0.2) is 4.98 Å². The molecule has 0 aromatic carbocycles. The van der Waals surface area contributed by atoms with Gasteiger partial charge in [0.15, 0.2) is 0 Å². The molecule has 7 heteroatoms. The summed E-state index contributed by atoms with van der Waals surface area (Å²) in [5.74, 6) is 6.86. The molecule has 0 saturated heterocycles. The number of aliphatic hydroxyl groups is 1. The molecule has 0 spiro atoms. The summed E-state index contributed by atoms with van der Waals surface area (Å²) in [7, 11) is -1.15. The third-order valence-electron chi connectivity index (χ3n) is 4.61. The Labute approximate surface area is 173 Å². The van der Waals surface area contributed by atoms with Crippen LogP contribution in [-0.2, 0) is 11.5 Å². The van der Waals surface area contributed by atoms with E-state index >= 15 is 0 Å². The summed E-state index contributed by atoms with van der Waals surface area (Å²) in [6, 6.07) is 5.02. The highest BCUT2D eigenvalue weighted by atomic mass is 28.3. The van der Waals surface area contributed by atoms with Crippen molar-refractivity contribution < 1.29 is 9.84 Å². The topological polar surface area (TPSA) is 83.1 Å². The Hall–Kier alpha value is -2.58. The minimum Gasteiger partial charge on any atom is -0.378 e. The Morgan fingerprint density at radius 2 is 2.14 bits per heavy atom. The van der Waals surface area contributed by atoms with Gasteiger partial charge in [-0.3, -0.25) is 0 Å². The zero-order valence-corrected chi connectivity index (χ0v) is 18.8. The summed E-state index contributed by atoms with van der Waals surface area (Å²) >= 11 is 0. The first kappa shape index (κ1) is 21.1. The van der Waals surface area contributed by atoms with E-state index in [2.05, 4.69) is 52.4 Å². The Morgan fingerprint density at radius 3 is 2.79 bits per heavy atom. The maximum absolute atomic E-state index is 9.88. The molecular weight excluding hydrogens is 380 g/mol. The van der Waals surface area contributed by atoms with Crippen LogP contribution in [0.4, 0.5) is 5.82 Å². The van der Waals surface area contributed by atoms with Crippen LogP contribution in [0.5, 0.6) is 0 Å². The van der Waals surface area contributed by atoms with E-state index in [-0.39, 0.29) is 0 Å². The molecule has 2 aromatic heterocycles. The van der Waals surface area contributed by atoms with Gasteiger partial charge in [-0.2, -0.15) is 24.9 Å². The first-order chi connectivity index (χ1) is 13.6. The Bertz CT molecular complexity index is 1050. The van der Waals surface area contributed by atoms with E-state index < -0.39 is 13.7 Å². The maximum atomic E-state index is 9.88.